The van der Waals surface area contributed by atoms with Gasteiger partial charge in [0.1, 0.15) is 11.8 Å². The maximum atomic E-state index is 12.9. The molecule has 148 valence electrons. The number of hydrogen-bond donors (Lipinski definition) is 1. The van der Waals surface area contributed by atoms with Crippen LogP contribution in [0.1, 0.15) is 24.9 Å². The fourth-order valence-corrected chi connectivity index (χ4v) is 3.89. The van der Waals surface area contributed by atoms with E-state index >= 15 is 0 Å². The molecule has 0 saturated heterocycles. The molecule has 0 aliphatic carbocycles. The Morgan fingerprint density at radius 3 is 2.76 bits per heavy atom. The minimum absolute atomic E-state index is 0.150. The molecular weight excluding hydrogens is 388 g/mol. The summed E-state index contributed by atoms with van der Waals surface area (Å²) >= 11 is 6.10. The van der Waals surface area contributed by atoms with Gasteiger partial charge in [-0.05, 0) is 36.1 Å². The quantitative estimate of drug-likeness (QED) is 0.611. The van der Waals surface area contributed by atoms with E-state index < -0.39 is 6.04 Å². The molecule has 0 spiro atoms. The van der Waals surface area contributed by atoms with Crippen LogP contribution in [0.15, 0.2) is 60.7 Å². The number of nitrogens with one attached hydrogen (secondary N) is 1. The third kappa shape index (κ3) is 3.91. The molecule has 1 atom stereocenters. The number of benzene rings is 3. The Hall–Kier alpha value is -3.05. The van der Waals surface area contributed by atoms with Crippen molar-refractivity contribution >= 4 is 39.9 Å². The Morgan fingerprint density at radius 2 is 1.93 bits per heavy atom. The van der Waals surface area contributed by atoms with Crippen LogP contribution < -0.4 is 15.0 Å². The third-order valence-corrected chi connectivity index (χ3v) is 5.22. The highest BCUT2D eigenvalue weighted by atomic mass is 35.5. The Kier molecular flexibility index (Phi) is 5.41. The number of nitrogens with zero attached hydrogens (tertiary/aromatic N) is 1. The maximum Gasteiger partial charge on any atom is 0.254 e. The fraction of sp³-hybridized carbons (Fsp3) is 0.217. The molecule has 2 amide bonds. The van der Waals surface area contributed by atoms with Crippen molar-refractivity contribution in [2.45, 2.75) is 19.4 Å². The number of hydrogen-bond acceptors (Lipinski definition) is 3. The van der Waals surface area contributed by atoms with Gasteiger partial charge in [-0.3, -0.25) is 9.59 Å². The predicted octanol–water partition coefficient (Wildman–Crippen LogP) is 4.49. The van der Waals surface area contributed by atoms with Crippen molar-refractivity contribution in [1.29, 1.82) is 0 Å². The molecule has 1 heterocycles. The Balaban J connectivity index is 1.44. The second-order valence-corrected chi connectivity index (χ2v) is 7.44. The van der Waals surface area contributed by atoms with Crippen LogP contribution in [0.4, 0.5) is 5.69 Å². The first-order valence-electron chi connectivity index (χ1n) is 9.53. The third-order valence-electron chi connectivity index (χ3n) is 4.99. The van der Waals surface area contributed by atoms with Gasteiger partial charge >= 0.3 is 0 Å². The molecular formula is C23H21ClN2O3. The smallest absolute Gasteiger partial charge is 0.254 e. The number of carbonyl (C=O) groups excluding carboxylic acids is 2. The molecule has 3 aromatic carbocycles. The zero-order valence-electron chi connectivity index (χ0n) is 16.0. The van der Waals surface area contributed by atoms with Gasteiger partial charge in [-0.15, -0.1) is 0 Å². The molecule has 1 aliphatic heterocycles. The molecule has 0 radical (unpaired) electrons. The summed E-state index contributed by atoms with van der Waals surface area (Å²) in [6.07, 6.45) is 0.657. The number of amides is 2. The molecule has 1 aliphatic rings. The van der Waals surface area contributed by atoms with E-state index in [0.717, 1.165) is 27.8 Å². The van der Waals surface area contributed by atoms with Crippen LogP contribution in [-0.4, -0.2) is 25.0 Å². The Morgan fingerprint density at radius 1 is 1.14 bits per heavy atom. The summed E-state index contributed by atoms with van der Waals surface area (Å²) in [5, 5.41) is 5.45. The molecule has 0 bridgehead atoms. The molecule has 1 N–H and O–H groups in total. The van der Waals surface area contributed by atoms with Gasteiger partial charge in [0.05, 0.1) is 6.61 Å². The van der Waals surface area contributed by atoms with E-state index in [4.69, 9.17) is 16.3 Å². The van der Waals surface area contributed by atoms with Gasteiger partial charge in [-0.25, -0.2) is 0 Å². The van der Waals surface area contributed by atoms with Crippen LogP contribution in [0.3, 0.4) is 0 Å². The maximum absolute atomic E-state index is 12.9. The average Bonchev–Trinajstić information content (AvgIpc) is 2.96. The summed E-state index contributed by atoms with van der Waals surface area (Å²) in [6.45, 7) is 2.37. The lowest BCUT2D eigenvalue weighted by Gasteiger charge is -2.18. The lowest BCUT2D eigenvalue weighted by Crippen LogP contribution is -2.37. The normalized spacial score (nSPS) is 15.4. The summed E-state index contributed by atoms with van der Waals surface area (Å²) < 4.78 is 5.98. The number of halogens is 1. The van der Waals surface area contributed by atoms with Crippen LogP contribution in [0.5, 0.6) is 5.75 Å². The van der Waals surface area contributed by atoms with Gasteiger partial charge in [0.2, 0.25) is 5.91 Å². The summed E-state index contributed by atoms with van der Waals surface area (Å²) in [5.74, 6) is 0.428. The topological polar surface area (TPSA) is 58.6 Å². The Labute approximate surface area is 174 Å². The van der Waals surface area contributed by atoms with Crippen molar-refractivity contribution in [2.75, 3.05) is 18.1 Å². The highest BCUT2D eigenvalue weighted by molar-refractivity contribution is 6.31. The van der Waals surface area contributed by atoms with Gasteiger partial charge in [-0.2, -0.15) is 0 Å². The van der Waals surface area contributed by atoms with Crippen molar-refractivity contribution in [2.24, 2.45) is 0 Å². The zero-order chi connectivity index (χ0) is 20.4. The molecule has 5 nitrogen and oxygen atoms in total. The molecule has 29 heavy (non-hydrogen) atoms. The molecule has 6 heteroatoms. The van der Waals surface area contributed by atoms with Gasteiger partial charge < -0.3 is 15.0 Å². The molecule has 0 fully saturated rings. The van der Waals surface area contributed by atoms with E-state index in [1.807, 2.05) is 36.4 Å². The van der Waals surface area contributed by atoms with Crippen molar-refractivity contribution < 1.29 is 14.3 Å². The number of carbonyl (C=O) groups is 2. The van der Waals surface area contributed by atoms with Gasteiger partial charge in [-0.1, -0.05) is 48.0 Å². The first kappa shape index (κ1) is 19.3. The standard InChI is InChI=1S/C23H21ClN2O3/c1-15(27)25-22-19-14-17(24)10-11-20(19)26(23(22)28)12-5-13-29-21-9-4-7-16-6-2-3-8-18(16)21/h2-4,6-11,14,22H,5,12-13H2,1H3,(H,25,27)/t22-/m0/s1. The average molecular weight is 409 g/mol. The van der Waals surface area contributed by atoms with Gasteiger partial charge in [0.25, 0.3) is 5.91 Å². The van der Waals surface area contributed by atoms with E-state index in [2.05, 4.69) is 17.4 Å². The first-order chi connectivity index (χ1) is 14.0. The predicted molar refractivity (Wildman–Crippen MR) is 114 cm³/mol. The second-order valence-electron chi connectivity index (χ2n) is 7.01. The largest absolute Gasteiger partial charge is 0.493 e. The van der Waals surface area contributed by atoms with E-state index in [1.54, 1.807) is 17.0 Å². The van der Waals surface area contributed by atoms with Gasteiger partial charge in [0.15, 0.2) is 0 Å². The van der Waals surface area contributed by atoms with Crippen molar-refractivity contribution in [3.05, 3.63) is 71.2 Å². The summed E-state index contributed by atoms with van der Waals surface area (Å²) in [6, 6.07) is 18.7. The number of anilines is 1. The lowest BCUT2D eigenvalue weighted by molar-refractivity contribution is -0.126. The molecule has 4 rings (SSSR count). The summed E-state index contributed by atoms with van der Waals surface area (Å²) in [5.41, 5.74) is 1.51. The summed E-state index contributed by atoms with van der Waals surface area (Å²) in [4.78, 5) is 26.1. The highest BCUT2D eigenvalue weighted by Gasteiger charge is 2.37. The van der Waals surface area contributed by atoms with Gasteiger partial charge in [0, 0.05) is 35.1 Å². The van der Waals surface area contributed by atoms with Crippen LogP contribution in [0.25, 0.3) is 10.8 Å². The number of ether oxygens (including phenoxy) is 1. The minimum atomic E-state index is -0.694. The van der Waals surface area contributed by atoms with E-state index in [0.29, 0.717) is 24.6 Å². The van der Waals surface area contributed by atoms with Crippen LogP contribution in [-0.2, 0) is 9.59 Å². The van der Waals surface area contributed by atoms with E-state index in [1.165, 1.54) is 6.92 Å². The van der Waals surface area contributed by atoms with Crippen LogP contribution in [0.2, 0.25) is 5.02 Å². The first-order valence-corrected chi connectivity index (χ1v) is 9.91. The summed E-state index contributed by atoms with van der Waals surface area (Å²) in [7, 11) is 0. The number of rotatable bonds is 6. The van der Waals surface area contributed by atoms with E-state index in [-0.39, 0.29) is 11.8 Å². The Bertz CT molecular complexity index is 1080. The lowest BCUT2D eigenvalue weighted by atomic mass is 10.1. The number of fused-ring (bicyclic) bond motifs is 2. The second kappa shape index (κ2) is 8.13. The zero-order valence-corrected chi connectivity index (χ0v) is 16.8. The molecule has 3 aromatic rings. The van der Waals surface area contributed by atoms with E-state index in [9.17, 15) is 9.59 Å². The van der Waals surface area contributed by atoms with Crippen molar-refractivity contribution in [3.63, 3.8) is 0 Å². The monoisotopic (exact) mass is 408 g/mol. The molecule has 0 aromatic heterocycles. The fourth-order valence-electron chi connectivity index (χ4n) is 3.71. The molecule has 0 unspecified atom stereocenters. The molecule has 0 saturated carbocycles. The minimum Gasteiger partial charge on any atom is -0.493 e. The van der Waals surface area contributed by atoms with Crippen LogP contribution >= 0.6 is 11.6 Å². The van der Waals surface area contributed by atoms with Crippen molar-refractivity contribution in [3.8, 4) is 5.75 Å². The van der Waals surface area contributed by atoms with Crippen LogP contribution in [0, 0.1) is 0 Å². The van der Waals surface area contributed by atoms with Crippen molar-refractivity contribution in [1.82, 2.24) is 5.32 Å². The highest BCUT2D eigenvalue weighted by Crippen LogP contribution is 2.37. The SMILES string of the molecule is CC(=O)N[C@@H]1C(=O)N(CCCOc2cccc3ccccc23)c2ccc(Cl)cc21.